The van der Waals surface area contributed by atoms with Gasteiger partial charge >= 0.3 is 0 Å². The Labute approximate surface area is 179 Å². The van der Waals surface area contributed by atoms with Gasteiger partial charge in [-0.3, -0.25) is 10.1 Å². The zero-order chi connectivity index (χ0) is 21.2. The van der Waals surface area contributed by atoms with E-state index in [1.165, 1.54) is 0 Å². The van der Waals surface area contributed by atoms with Crippen LogP contribution < -0.4 is 5.32 Å². The van der Waals surface area contributed by atoms with Crippen LogP contribution in [0.25, 0.3) is 33.3 Å². The SMILES string of the molecule is Cc1[nH]nc2ccc(-c3cc(NC(CO)c4ccccc4)cnc3-c3ccoc3)cc12. The minimum atomic E-state index is -0.228. The van der Waals surface area contributed by atoms with Gasteiger partial charge in [-0.1, -0.05) is 36.4 Å². The van der Waals surface area contributed by atoms with E-state index in [2.05, 4.69) is 27.6 Å². The minimum Gasteiger partial charge on any atom is -0.472 e. The molecule has 5 aromatic rings. The highest BCUT2D eigenvalue weighted by Gasteiger charge is 2.15. The Bertz CT molecular complexity index is 1310. The largest absolute Gasteiger partial charge is 0.472 e. The average Bonchev–Trinajstić information content (AvgIpc) is 3.48. The third-order valence-electron chi connectivity index (χ3n) is 5.46. The van der Waals surface area contributed by atoms with Crippen molar-refractivity contribution in [1.82, 2.24) is 15.2 Å². The van der Waals surface area contributed by atoms with Crippen LogP contribution in [0.2, 0.25) is 0 Å². The summed E-state index contributed by atoms with van der Waals surface area (Å²) in [7, 11) is 0. The van der Waals surface area contributed by atoms with Crippen molar-refractivity contribution in [1.29, 1.82) is 0 Å². The Morgan fingerprint density at radius 2 is 1.94 bits per heavy atom. The first kappa shape index (κ1) is 19.1. The van der Waals surface area contributed by atoms with Crippen LogP contribution in [-0.4, -0.2) is 26.9 Å². The molecule has 0 aliphatic carbocycles. The molecule has 0 radical (unpaired) electrons. The molecule has 0 fully saturated rings. The molecule has 5 rings (SSSR count). The van der Waals surface area contributed by atoms with Gasteiger partial charge < -0.3 is 14.8 Å². The normalized spacial score (nSPS) is 12.2. The van der Waals surface area contributed by atoms with Crippen molar-refractivity contribution in [2.24, 2.45) is 0 Å². The Balaban J connectivity index is 1.59. The molecule has 31 heavy (non-hydrogen) atoms. The quantitative estimate of drug-likeness (QED) is 0.352. The van der Waals surface area contributed by atoms with Gasteiger partial charge in [-0.05, 0) is 42.3 Å². The molecule has 6 heteroatoms. The Morgan fingerprint density at radius 1 is 1.06 bits per heavy atom. The molecule has 2 aromatic carbocycles. The number of fused-ring (bicyclic) bond motifs is 1. The molecule has 1 atom stereocenters. The number of benzene rings is 2. The van der Waals surface area contributed by atoms with E-state index in [1.54, 1.807) is 18.7 Å². The number of nitrogens with one attached hydrogen (secondary N) is 2. The standard InChI is InChI=1S/C25H22N4O2/c1-16-21-11-18(7-8-23(21)29-28-16)22-12-20(13-26-25(22)19-9-10-31-15-19)27-24(14-30)17-5-3-2-4-6-17/h2-13,15,24,27,30H,14H2,1H3,(H,28,29). The lowest BCUT2D eigenvalue weighted by atomic mass is 9.98. The Hall–Kier alpha value is -3.90. The number of hydrogen-bond acceptors (Lipinski definition) is 5. The first-order valence-electron chi connectivity index (χ1n) is 10.1. The number of nitrogens with zero attached hydrogens (tertiary/aromatic N) is 2. The van der Waals surface area contributed by atoms with Crippen LogP contribution in [0.3, 0.4) is 0 Å². The fraction of sp³-hybridized carbons (Fsp3) is 0.120. The number of aromatic amines is 1. The van der Waals surface area contributed by atoms with Gasteiger partial charge in [0.25, 0.3) is 0 Å². The molecule has 3 N–H and O–H groups in total. The van der Waals surface area contributed by atoms with Gasteiger partial charge in [-0.15, -0.1) is 0 Å². The number of aliphatic hydroxyl groups excluding tert-OH is 1. The van der Waals surface area contributed by atoms with Crippen LogP contribution in [0, 0.1) is 6.92 Å². The minimum absolute atomic E-state index is 0.0248. The summed E-state index contributed by atoms with van der Waals surface area (Å²) >= 11 is 0. The number of furan rings is 1. The van der Waals surface area contributed by atoms with Gasteiger partial charge in [0.05, 0.1) is 48.3 Å². The lowest BCUT2D eigenvalue weighted by molar-refractivity contribution is 0.276. The van der Waals surface area contributed by atoms with Crippen LogP contribution in [0.4, 0.5) is 5.69 Å². The predicted molar refractivity (Wildman–Crippen MR) is 122 cm³/mol. The van der Waals surface area contributed by atoms with E-state index in [1.807, 2.05) is 55.5 Å². The summed E-state index contributed by atoms with van der Waals surface area (Å²) in [6.07, 6.45) is 5.13. The summed E-state index contributed by atoms with van der Waals surface area (Å²) < 4.78 is 5.30. The summed E-state index contributed by atoms with van der Waals surface area (Å²) in [6, 6.07) is 19.8. The molecule has 0 saturated carbocycles. The van der Waals surface area contributed by atoms with E-state index in [0.717, 1.165) is 50.2 Å². The van der Waals surface area contributed by atoms with E-state index in [9.17, 15) is 5.11 Å². The first-order chi connectivity index (χ1) is 15.2. The molecule has 0 aliphatic heterocycles. The molecule has 0 aliphatic rings. The Kier molecular flexibility index (Phi) is 4.98. The molecular weight excluding hydrogens is 388 g/mol. The maximum Gasteiger partial charge on any atom is 0.0996 e. The molecule has 6 nitrogen and oxygen atoms in total. The van der Waals surface area contributed by atoms with Crippen molar-refractivity contribution in [3.8, 4) is 22.4 Å². The number of aryl methyl sites for hydroxylation is 1. The third-order valence-corrected chi connectivity index (χ3v) is 5.46. The fourth-order valence-electron chi connectivity index (χ4n) is 3.82. The summed E-state index contributed by atoms with van der Waals surface area (Å²) in [5, 5.41) is 21.8. The zero-order valence-corrected chi connectivity index (χ0v) is 17.0. The molecule has 0 spiro atoms. The second-order valence-corrected chi connectivity index (χ2v) is 7.50. The summed E-state index contributed by atoms with van der Waals surface area (Å²) in [5.41, 5.74) is 7.54. The van der Waals surface area contributed by atoms with Gasteiger partial charge in [-0.2, -0.15) is 5.10 Å². The molecule has 1 unspecified atom stereocenters. The maximum absolute atomic E-state index is 9.95. The van der Waals surface area contributed by atoms with Gasteiger partial charge in [0.15, 0.2) is 0 Å². The number of hydrogen-bond donors (Lipinski definition) is 3. The van der Waals surface area contributed by atoms with Gasteiger partial charge in [0.1, 0.15) is 0 Å². The summed E-state index contributed by atoms with van der Waals surface area (Å²) in [6.45, 7) is 1.99. The van der Waals surface area contributed by atoms with Crippen LogP contribution in [-0.2, 0) is 0 Å². The van der Waals surface area contributed by atoms with Crippen LogP contribution in [0.1, 0.15) is 17.3 Å². The molecular formula is C25H22N4O2. The van der Waals surface area contributed by atoms with Crippen LogP contribution in [0.15, 0.2) is 83.8 Å². The van der Waals surface area contributed by atoms with Crippen LogP contribution in [0.5, 0.6) is 0 Å². The van der Waals surface area contributed by atoms with Gasteiger partial charge in [-0.25, -0.2) is 0 Å². The first-order valence-corrected chi connectivity index (χ1v) is 10.1. The number of rotatable bonds is 6. The number of aliphatic hydroxyl groups is 1. The summed E-state index contributed by atoms with van der Waals surface area (Å²) in [5.74, 6) is 0. The van der Waals surface area contributed by atoms with E-state index < -0.39 is 0 Å². The van der Waals surface area contributed by atoms with E-state index >= 15 is 0 Å². The van der Waals surface area contributed by atoms with Crippen molar-refractivity contribution in [3.63, 3.8) is 0 Å². The third kappa shape index (κ3) is 3.69. The monoisotopic (exact) mass is 410 g/mol. The van der Waals surface area contributed by atoms with Crippen molar-refractivity contribution in [2.45, 2.75) is 13.0 Å². The molecule has 0 saturated heterocycles. The molecule has 0 bridgehead atoms. The number of pyridine rings is 1. The van der Waals surface area contributed by atoms with Crippen molar-refractivity contribution in [3.05, 3.63) is 90.6 Å². The highest BCUT2D eigenvalue weighted by molar-refractivity contribution is 5.90. The highest BCUT2D eigenvalue weighted by Crippen LogP contribution is 2.35. The van der Waals surface area contributed by atoms with Crippen molar-refractivity contribution < 1.29 is 9.52 Å². The smallest absolute Gasteiger partial charge is 0.0996 e. The number of aromatic nitrogens is 3. The number of anilines is 1. The van der Waals surface area contributed by atoms with Crippen molar-refractivity contribution in [2.75, 3.05) is 11.9 Å². The van der Waals surface area contributed by atoms with Crippen molar-refractivity contribution >= 4 is 16.6 Å². The second kappa shape index (κ2) is 8.08. The van der Waals surface area contributed by atoms with Gasteiger partial charge in [0.2, 0.25) is 0 Å². The highest BCUT2D eigenvalue weighted by atomic mass is 16.3. The molecule has 3 aromatic heterocycles. The van der Waals surface area contributed by atoms with E-state index in [4.69, 9.17) is 9.40 Å². The predicted octanol–water partition coefficient (Wildman–Crippen LogP) is 5.34. The van der Waals surface area contributed by atoms with E-state index in [0.29, 0.717) is 0 Å². The lowest BCUT2D eigenvalue weighted by Crippen LogP contribution is -2.15. The summed E-state index contributed by atoms with van der Waals surface area (Å²) in [4.78, 5) is 4.74. The zero-order valence-electron chi connectivity index (χ0n) is 17.0. The molecule has 154 valence electrons. The maximum atomic E-state index is 9.95. The van der Waals surface area contributed by atoms with Crippen LogP contribution >= 0.6 is 0 Å². The number of H-pyrrole nitrogens is 1. The fourth-order valence-corrected chi connectivity index (χ4v) is 3.82. The Morgan fingerprint density at radius 3 is 2.71 bits per heavy atom. The molecule has 0 amide bonds. The van der Waals surface area contributed by atoms with E-state index in [-0.39, 0.29) is 12.6 Å². The topological polar surface area (TPSA) is 87.0 Å². The average molecular weight is 410 g/mol. The van der Waals surface area contributed by atoms with Gasteiger partial charge in [0, 0.05) is 22.2 Å². The molecule has 3 heterocycles. The lowest BCUT2D eigenvalue weighted by Gasteiger charge is -2.19. The second-order valence-electron chi connectivity index (χ2n) is 7.50.